The first kappa shape index (κ1) is 15.3. The maximum Gasteiger partial charge on any atom is 0.410 e. The molecule has 120 valence electrons. The van der Waals surface area contributed by atoms with Crippen LogP contribution >= 0.6 is 0 Å². The molecular weight excluding hydrogens is 278 g/mol. The molecule has 2 fully saturated rings. The second kappa shape index (κ2) is 6.67. The van der Waals surface area contributed by atoms with Crippen molar-refractivity contribution in [3.05, 3.63) is 35.4 Å². The minimum atomic E-state index is -0.174. The highest BCUT2D eigenvalue weighted by Crippen LogP contribution is 2.24. The number of piperazine rings is 1. The van der Waals surface area contributed by atoms with E-state index < -0.39 is 0 Å². The smallest absolute Gasteiger partial charge is 0.410 e. The minimum Gasteiger partial charge on any atom is -0.445 e. The largest absolute Gasteiger partial charge is 0.445 e. The highest BCUT2D eigenvalue weighted by Gasteiger charge is 2.32. The normalized spacial score (nSPS) is 26.2. The molecule has 0 aromatic heterocycles. The average molecular weight is 303 g/mol. The number of benzene rings is 1. The molecule has 2 atom stereocenters. The number of ether oxygens (including phenoxy) is 1. The lowest BCUT2D eigenvalue weighted by molar-refractivity contribution is 0.0480. The summed E-state index contributed by atoms with van der Waals surface area (Å²) in [7, 11) is 2.06. The summed E-state index contributed by atoms with van der Waals surface area (Å²) in [6.45, 7) is 6.21. The Morgan fingerprint density at radius 3 is 2.73 bits per heavy atom. The van der Waals surface area contributed by atoms with Crippen LogP contribution in [0.3, 0.4) is 0 Å². The van der Waals surface area contributed by atoms with Crippen LogP contribution in [0.15, 0.2) is 24.3 Å². The highest BCUT2D eigenvalue weighted by atomic mass is 16.6. The van der Waals surface area contributed by atoms with Crippen molar-refractivity contribution in [2.24, 2.45) is 0 Å². The molecule has 3 rings (SSSR count). The summed E-state index contributed by atoms with van der Waals surface area (Å²) in [5.41, 5.74) is 2.40. The molecule has 1 N–H and O–H groups in total. The van der Waals surface area contributed by atoms with E-state index in [0.717, 1.165) is 32.6 Å². The molecule has 0 bridgehead atoms. The van der Waals surface area contributed by atoms with Gasteiger partial charge in [0, 0.05) is 32.7 Å². The van der Waals surface area contributed by atoms with Gasteiger partial charge in [0.1, 0.15) is 6.10 Å². The fourth-order valence-corrected chi connectivity index (χ4v) is 3.21. The number of nitrogens with zero attached hydrogens (tertiary/aromatic N) is 2. The van der Waals surface area contributed by atoms with Crippen LogP contribution in [0.4, 0.5) is 4.79 Å². The zero-order chi connectivity index (χ0) is 15.5. The van der Waals surface area contributed by atoms with Crippen LogP contribution in [0.25, 0.3) is 0 Å². The van der Waals surface area contributed by atoms with Crippen LogP contribution in [0.2, 0.25) is 0 Å². The molecule has 2 heterocycles. The first-order chi connectivity index (χ1) is 10.6. The van der Waals surface area contributed by atoms with Gasteiger partial charge >= 0.3 is 6.09 Å². The maximum absolute atomic E-state index is 12.6. The van der Waals surface area contributed by atoms with Crippen LogP contribution < -0.4 is 5.32 Å². The van der Waals surface area contributed by atoms with Crippen molar-refractivity contribution >= 4 is 6.09 Å². The fraction of sp³-hybridized carbons (Fsp3) is 0.588. The number of hydrogen-bond acceptors (Lipinski definition) is 4. The Kier molecular flexibility index (Phi) is 4.64. The number of likely N-dealkylation sites (tertiary alicyclic amines) is 1. The third-order valence-electron chi connectivity index (χ3n) is 4.56. The number of amides is 1. The van der Waals surface area contributed by atoms with Crippen molar-refractivity contribution in [1.29, 1.82) is 0 Å². The summed E-state index contributed by atoms with van der Waals surface area (Å²) in [4.78, 5) is 16.6. The molecule has 2 saturated heterocycles. The van der Waals surface area contributed by atoms with Gasteiger partial charge in [0.2, 0.25) is 0 Å². The van der Waals surface area contributed by atoms with Gasteiger partial charge in [-0.3, -0.25) is 4.90 Å². The zero-order valence-corrected chi connectivity index (χ0v) is 13.4. The Morgan fingerprint density at radius 2 is 2.05 bits per heavy atom. The van der Waals surface area contributed by atoms with E-state index in [1.54, 1.807) is 0 Å². The first-order valence-electron chi connectivity index (χ1n) is 8.06. The summed E-state index contributed by atoms with van der Waals surface area (Å²) in [6.07, 6.45) is 0.794. The number of likely N-dealkylation sites (N-methyl/N-ethyl adjacent to an activating group) is 1. The Balaban J connectivity index is 1.69. The third-order valence-corrected chi connectivity index (χ3v) is 4.56. The van der Waals surface area contributed by atoms with Gasteiger partial charge in [-0.1, -0.05) is 29.8 Å². The van der Waals surface area contributed by atoms with Crippen molar-refractivity contribution < 1.29 is 9.53 Å². The number of nitrogens with one attached hydrogen (secondary N) is 1. The predicted octanol–water partition coefficient (Wildman–Crippen LogP) is 1.78. The molecular formula is C17H25N3O2. The summed E-state index contributed by atoms with van der Waals surface area (Å²) in [6, 6.07) is 8.47. The fourth-order valence-electron chi connectivity index (χ4n) is 3.21. The van der Waals surface area contributed by atoms with Crippen LogP contribution in [0.5, 0.6) is 0 Å². The molecule has 2 aliphatic heterocycles. The lowest BCUT2D eigenvalue weighted by atomic mass is 10.0. The third kappa shape index (κ3) is 3.42. The molecule has 0 spiro atoms. The quantitative estimate of drug-likeness (QED) is 0.904. The monoisotopic (exact) mass is 303 g/mol. The Bertz CT molecular complexity index is 517. The van der Waals surface area contributed by atoms with Gasteiger partial charge in [-0.05, 0) is 26.0 Å². The number of carbonyl (C=O) groups is 1. The SMILES string of the molecule is Cc1ccc(C2CNCCN2C(=O)O[C@H]2CCN(C)C2)cc1. The first-order valence-corrected chi connectivity index (χ1v) is 8.06. The van der Waals surface area contributed by atoms with Crippen LogP contribution in [0.1, 0.15) is 23.6 Å². The molecule has 1 unspecified atom stereocenters. The van der Waals surface area contributed by atoms with Crippen molar-refractivity contribution in [3.8, 4) is 0 Å². The average Bonchev–Trinajstić information content (AvgIpc) is 2.93. The maximum atomic E-state index is 12.6. The van der Waals surface area contributed by atoms with Gasteiger partial charge in [-0.15, -0.1) is 0 Å². The van der Waals surface area contributed by atoms with E-state index in [2.05, 4.69) is 48.5 Å². The molecule has 0 radical (unpaired) electrons. The molecule has 0 saturated carbocycles. The second-order valence-corrected chi connectivity index (χ2v) is 6.38. The second-order valence-electron chi connectivity index (χ2n) is 6.38. The van der Waals surface area contributed by atoms with Crippen LogP contribution in [-0.2, 0) is 4.74 Å². The van der Waals surface area contributed by atoms with E-state index in [-0.39, 0.29) is 18.2 Å². The molecule has 1 aromatic carbocycles. The molecule has 22 heavy (non-hydrogen) atoms. The van der Waals surface area contributed by atoms with E-state index in [1.807, 2.05) is 4.90 Å². The van der Waals surface area contributed by atoms with Crippen molar-refractivity contribution in [2.75, 3.05) is 39.8 Å². The van der Waals surface area contributed by atoms with Gasteiger partial charge in [0.15, 0.2) is 0 Å². The van der Waals surface area contributed by atoms with Crippen molar-refractivity contribution in [2.45, 2.75) is 25.5 Å². The van der Waals surface area contributed by atoms with Crippen molar-refractivity contribution in [1.82, 2.24) is 15.1 Å². The Hall–Kier alpha value is -1.59. The minimum absolute atomic E-state index is 0.0334. The van der Waals surface area contributed by atoms with E-state index in [0.29, 0.717) is 6.54 Å². The van der Waals surface area contributed by atoms with Crippen LogP contribution in [0, 0.1) is 6.92 Å². The lowest BCUT2D eigenvalue weighted by Gasteiger charge is -2.36. The van der Waals surface area contributed by atoms with Gasteiger partial charge in [0.25, 0.3) is 0 Å². The molecule has 5 nitrogen and oxygen atoms in total. The highest BCUT2D eigenvalue weighted by molar-refractivity contribution is 5.69. The van der Waals surface area contributed by atoms with Crippen molar-refractivity contribution in [3.63, 3.8) is 0 Å². The zero-order valence-electron chi connectivity index (χ0n) is 13.4. The van der Waals surface area contributed by atoms with Gasteiger partial charge < -0.3 is 15.0 Å². The van der Waals surface area contributed by atoms with E-state index in [9.17, 15) is 4.79 Å². The van der Waals surface area contributed by atoms with E-state index >= 15 is 0 Å². The number of rotatable bonds is 2. The molecule has 5 heteroatoms. The Labute approximate surface area is 132 Å². The molecule has 1 aromatic rings. The van der Waals surface area contributed by atoms with Crippen LogP contribution in [-0.4, -0.2) is 61.8 Å². The number of aryl methyl sites for hydroxylation is 1. The number of carbonyl (C=O) groups excluding carboxylic acids is 1. The summed E-state index contributed by atoms with van der Waals surface area (Å²) < 4.78 is 5.71. The molecule has 0 aliphatic carbocycles. The standard InChI is InChI=1S/C17H25N3O2/c1-13-3-5-14(6-4-13)16-11-18-8-10-20(16)17(21)22-15-7-9-19(2)12-15/h3-6,15-16,18H,7-12H2,1-2H3/t15-,16?/m0/s1. The number of hydrogen-bond donors (Lipinski definition) is 1. The Morgan fingerprint density at radius 1 is 1.27 bits per heavy atom. The molecule has 2 aliphatic rings. The summed E-state index contributed by atoms with van der Waals surface area (Å²) in [5, 5.41) is 3.38. The van der Waals surface area contributed by atoms with Gasteiger partial charge in [-0.25, -0.2) is 4.79 Å². The summed E-state index contributed by atoms with van der Waals surface area (Å²) in [5.74, 6) is 0. The molecule has 1 amide bonds. The predicted molar refractivity (Wildman–Crippen MR) is 85.9 cm³/mol. The van der Waals surface area contributed by atoms with Gasteiger partial charge in [0.05, 0.1) is 6.04 Å². The lowest BCUT2D eigenvalue weighted by Crippen LogP contribution is -2.49. The van der Waals surface area contributed by atoms with E-state index in [4.69, 9.17) is 4.74 Å². The topological polar surface area (TPSA) is 44.8 Å². The van der Waals surface area contributed by atoms with E-state index in [1.165, 1.54) is 11.1 Å². The summed E-state index contributed by atoms with van der Waals surface area (Å²) >= 11 is 0. The van der Waals surface area contributed by atoms with Gasteiger partial charge in [-0.2, -0.15) is 0 Å².